The lowest BCUT2D eigenvalue weighted by molar-refractivity contribution is 0.0648. The van der Waals surface area contributed by atoms with E-state index in [0.717, 1.165) is 4.90 Å². The molecule has 3 amide bonds. The monoisotopic (exact) mass is 285 g/mol. The Morgan fingerprint density at radius 1 is 1.29 bits per heavy atom. The maximum absolute atomic E-state index is 12.0. The number of furan rings is 1. The summed E-state index contributed by atoms with van der Waals surface area (Å²) in [7, 11) is 0. The Kier molecular flexibility index (Phi) is 3.23. The molecular weight excluding hydrogens is 274 g/mol. The Bertz CT molecular complexity index is 674. The number of imide groups is 1. The molecule has 21 heavy (non-hydrogen) atoms. The second-order valence-electron chi connectivity index (χ2n) is 4.43. The van der Waals surface area contributed by atoms with E-state index in [0.29, 0.717) is 11.1 Å². The quantitative estimate of drug-likeness (QED) is 0.835. The number of nitrogens with zero attached hydrogens (tertiary/aromatic N) is 2. The van der Waals surface area contributed by atoms with Crippen LogP contribution >= 0.6 is 0 Å². The minimum Gasteiger partial charge on any atom is -0.472 e. The molecule has 0 saturated carbocycles. The summed E-state index contributed by atoms with van der Waals surface area (Å²) in [4.78, 5) is 40.8. The van der Waals surface area contributed by atoms with Crippen molar-refractivity contribution in [1.82, 2.24) is 15.2 Å². The van der Waals surface area contributed by atoms with E-state index < -0.39 is 5.91 Å². The molecule has 1 aliphatic heterocycles. The molecule has 0 unspecified atom stereocenters. The topological polar surface area (TPSA) is 92.5 Å². The number of hydrogen-bond donors (Lipinski definition) is 1. The summed E-state index contributed by atoms with van der Waals surface area (Å²) >= 11 is 0. The Morgan fingerprint density at radius 2 is 2.14 bits per heavy atom. The number of carbonyl (C=O) groups is 3. The molecule has 7 nitrogen and oxygen atoms in total. The van der Waals surface area contributed by atoms with Crippen LogP contribution in [-0.2, 0) is 0 Å². The molecule has 3 rings (SSSR count). The maximum atomic E-state index is 12.0. The lowest BCUT2D eigenvalue weighted by Crippen LogP contribution is -2.38. The van der Waals surface area contributed by atoms with Crippen LogP contribution in [0.2, 0.25) is 0 Å². The van der Waals surface area contributed by atoms with Crippen molar-refractivity contribution in [2.24, 2.45) is 0 Å². The van der Waals surface area contributed by atoms with E-state index >= 15 is 0 Å². The number of pyridine rings is 1. The van der Waals surface area contributed by atoms with Gasteiger partial charge < -0.3 is 9.73 Å². The zero-order valence-corrected chi connectivity index (χ0v) is 10.9. The van der Waals surface area contributed by atoms with Crippen molar-refractivity contribution in [1.29, 1.82) is 0 Å². The highest BCUT2D eigenvalue weighted by Gasteiger charge is 2.36. The molecule has 0 radical (unpaired) electrons. The van der Waals surface area contributed by atoms with Gasteiger partial charge in [0.2, 0.25) is 0 Å². The van der Waals surface area contributed by atoms with Gasteiger partial charge in [-0.3, -0.25) is 24.3 Å². The van der Waals surface area contributed by atoms with Crippen LogP contribution in [0.15, 0.2) is 41.3 Å². The van der Waals surface area contributed by atoms with Crippen LogP contribution in [0.25, 0.3) is 0 Å². The Balaban J connectivity index is 1.61. The Hall–Kier alpha value is -2.96. The van der Waals surface area contributed by atoms with Crippen LogP contribution < -0.4 is 5.32 Å². The highest BCUT2D eigenvalue weighted by molar-refractivity contribution is 6.20. The van der Waals surface area contributed by atoms with Gasteiger partial charge in [0.15, 0.2) is 0 Å². The predicted molar refractivity (Wildman–Crippen MR) is 70.6 cm³/mol. The first kappa shape index (κ1) is 13.0. The van der Waals surface area contributed by atoms with Crippen molar-refractivity contribution in [2.45, 2.75) is 0 Å². The van der Waals surface area contributed by atoms with E-state index in [1.54, 1.807) is 12.1 Å². The molecule has 106 valence electrons. The number of hydrogen-bond acceptors (Lipinski definition) is 5. The summed E-state index contributed by atoms with van der Waals surface area (Å²) < 4.78 is 4.80. The van der Waals surface area contributed by atoms with Gasteiger partial charge in [-0.1, -0.05) is 0 Å². The molecular formula is C14H11N3O4. The number of aromatic nitrogens is 1. The van der Waals surface area contributed by atoms with Crippen molar-refractivity contribution >= 4 is 17.7 Å². The molecule has 2 aromatic heterocycles. The van der Waals surface area contributed by atoms with Gasteiger partial charge in [0, 0.05) is 19.3 Å². The number of nitrogens with one attached hydrogen (secondary N) is 1. The van der Waals surface area contributed by atoms with Crippen molar-refractivity contribution in [3.05, 3.63) is 53.7 Å². The van der Waals surface area contributed by atoms with E-state index in [9.17, 15) is 14.4 Å². The summed E-state index contributed by atoms with van der Waals surface area (Å²) in [5.74, 6) is -1.15. The number of amides is 3. The molecule has 0 atom stereocenters. The average Bonchev–Trinajstić information content (AvgIpc) is 3.11. The van der Waals surface area contributed by atoms with Gasteiger partial charge in [-0.05, 0) is 18.2 Å². The highest BCUT2D eigenvalue weighted by Crippen LogP contribution is 2.19. The number of fused-ring (bicyclic) bond motifs is 1. The minimum absolute atomic E-state index is 0.0949. The van der Waals surface area contributed by atoms with E-state index in [1.807, 2.05) is 0 Å². The fourth-order valence-corrected chi connectivity index (χ4v) is 2.09. The average molecular weight is 285 g/mol. The van der Waals surface area contributed by atoms with Crippen LogP contribution in [0.4, 0.5) is 0 Å². The van der Waals surface area contributed by atoms with Crippen molar-refractivity contribution < 1.29 is 18.8 Å². The van der Waals surface area contributed by atoms with Crippen molar-refractivity contribution in [3.8, 4) is 0 Å². The first-order valence-electron chi connectivity index (χ1n) is 6.30. The molecule has 0 aliphatic carbocycles. The van der Waals surface area contributed by atoms with E-state index in [1.165, 1.54) is 24.8 Å². The first-order chi connectivity index (χ1) is 10.2. The van der Waals surface area contributed by atoms with E-state index in [4.69, 9.17) is 4.42 Å². The van der Waals surface area contributed by atoms with Gasteiger partial charge in [0.25, 0.3) is 17.7 Å². The van der Waals surface area contributed by atoms with Crippen LogP contribution in [0.3, 0.4) is 0 Å². The molecule has 0 spiro atoms. The summed E-state index contributed by atoms with van der Waals surface area (Å²) in [6.07, 6.45) is 4.18. The maximum Gasteiger partial charge on any atom is 0.280 e. The fourth-order valence-electron chi connectivity index (χ4n) is 2.09. The second-order valence-corrected chi connectivity index (χ2v) is 4.43. The summed E-state index contributed by atoms with van der Waals surface area (Å²) in [6.45, 7) is 0.257. The van der Waals surface area contributed by atoms with Crippen LogP contribution in [0.5, 0.6) is 0 Å². The van der Waals surface area contributed by atoms with Crippen molar-refractivity contribution in [3.63, 3.8) is 0 Å². The van der Waals surface area contributed by atoms with Crippen LogP contribution in [0, 0.1) is 0 Å². The van der Waals surface area contributed by atoms with Gasteiger partial charge in [0.1, 0.15) is 12.0 Å². The van der Waals surface area contributed by atoms with Gasteiger partial charge >= 0.3 is 0 Å². The molecule has 3 heterocycles. The lowest BCUT2D eigenvalue weighted by Gasteiger charge is -2.13. The standard InChI is InChI=1S/C14H11N3O4/c18-12(9-3-7-21-8-9)16-5-6-17-13(19)10-2-1-4-15-11(10)14(17)20/h1-4,7-8H,5-6H2,(H,16,18). The molecule has 7 heteroatoms. The fraction of sp³-hybridized carbons (Fsp3) is 0.143. The summed E-state index contributed by atoms with van der Waals surface area (Å²) in [6, 6.07) is 4.70. The van der Waals surface area contributed by atoms with E-state index in [-0.39, 0.29) is 30.6 Å². The third-order valence-electron chi connectivity index (χ3n) is 3.14. The highest BCUT2D eigenvalue weighted by atomic mass is 16.3. The normalized spacial score (nSPS) is 13.4. The predicted octanol–water partition coefficient (Wildman–Crippen LogP) is 0.701. The van der Waals surface area contributed by atoms with Crippen LogP contribution in [0.1, 0.15) is 31.2 Å². The van der Waals surface area contributed by atoms with Gasteiger partial charge in [0.05, 0.1) is 17.4 Å². The molecule has 1 N–H and O–H groups in total. The first-order valence-corrected chi connectivity index (χ1v) is 6.30. The third-order valence-corrected chi connectivity index (χ3v) is 3.14. The van der Waals surface area contributed by atoms with Gasteiger partial charge in [-0.25, -0.2) is 0 Å². The zero-order chi connectivity index (χ0) is 14.8. The molecule has 0 aromatic carbocycles. The largest absolute Gasteiger partial charge is 0.472 e. The Labute approximate surface area is 119 Å². The van der Waals surface area contributed by atoms with Crippen molar-refractivity contribution in [2.75, 3.05) is 13.1 Å². The SMILES string of the molecule is O=C(NCCN1C(=O)c2cccnc2C1=O)c1ccoc1. The van der Waals surface area contributed by atoms with Gasteiger partial charge in [-0.2, -0.15) is 0 Å². The van der Waals surface area contributed by atoms with E-state index in [2.05, 4.69) is 10.3 Å². The molecule has 0 bridgehead atoms. The molecule has 0 fully saturated rings. The number of carbonyl (C=O) groups excluding carboxylic acids is 3. The summed E-state index contributed by atoms with van der Waals surface area (Å²) in [5.41, 5.74) is 0.839. The molecule has 0 saturated heterocycles. The third kappa shape index (κ3) is 2.29. The molecule has 1 aliphatic rings. The Morgan fingerprint density at radius 3 is 2.86 bits per heavy atom. The number of rotatable bonds is 4. The molecule has 2 aromatic rings. The van der Waals surface area contributed by atoms with Crippen LogP contribution in [-0.4, -0.2) is 40.7 Å². The summed E-state index contributed by atoms with van der Waals surface area (Å²) in [5, 5.41) is 2.61. The second kappa shape index (κ2) is 5.20. The zero-order valence-electron chi connectivity index (χ0n) is 10.9. The smallest absolute Gasteiger partial charge is 0.280 e. The lowest BCUT2D eigenvalue weighted by atomic mass is 10.2. The minimum atomic E-state index is -0.437. The van der Waals surface area contributed by atoms with Gasteiger partial charge in [-0.15, -0.1) is 0 Å².